The van der Waals surface area contributed by atoms with Crippen molar-refractivity contribution >= 4 is 29.3 Å². The van der Waals surface area contributed by atoms with Crippen LogP contribution in [-0.2, 0) is 0 Å². The number of nitrogens with one attached hydrogen (secondary N) is 1. The lowest BCUT2D eigenvalue weighted by molar-refractivity contribution is 0.0935. The Morgan fingerprint density at radius 3 is 2.83 bits per heavy atom. The van der Waals surface area contributed by atoms with E-state index in [2.05, 4.69) is 5.32 Å². The standard InChI is InChI=1S/C12H15ClFNO2S/c1-7(10(6-16)18-2)15-12(17)8-4-3-5-9(14)11(8)13/h3-5,7,10,16H,6H2,1-2H3,(H,15,17)/t7-,10+/m1/s1. The van der Waals surface area contributed by atoms with Crippen molar-refractivity contribution < 1.29 is 14.3 Å². The number of rotatable bonds is 5. The molecule has 0 saturated carbocycles. The van der Waals surface area contributed by atoms with Gasteiger partial charge in [0.15, 0.2) is 0 Å². The second-order valence-corrected chi connectivity index (χ2v) is 5.28. The molecule has 100 valence electrons. The molecule has 2 N–H and O–H groups in total. The fraction of sp³-hybridized carbons (Fsp3) is 0.417. The van der Waals surface area contributed by atoms with Crippen LogP contribution in [0.5, 0.6) is 0 Å². The molecule has 0 saturated heterocycles. The summed E-state index contributed by atoms with van der Waals surface area (Å²) in [5, 5.41) is 11.5. The Hall–Kier alpha value is -0.780. The van der Waals surface area contributed by atoms with Crippen molar-refractivity contribution in [1.29, 1.82) is 0 Å². The number of benzene rings is 1. The van der Waals surface area contributed by atoms with Gasteiger partial charge < -0.3 is 10.4 Å². The Kier molecular flexibility index (Phi) is 5.91. The van der Waals surface area contributed by atoms with Crippen molar-refractivity contribution in [2.24, 2.45) is 0 Å². The average molecular weight is 292 g/mol. The van der Waals surface area contributed by atoms with Crippen molar-refractivity contribution in [2.45, 2.75) is 18.2 Å². The first-order valence-corrected chi connectivity index (χ1v) is 7.06. The maximum absolute atomic E-state index is 13.2. The molecule has 1 amide bonds. The Morgan fingerprint density at radius 1 is 1.61 bits per heavy atom. The molecular weight excluding hydrogens is 277 g/mol. The highest BCUT2D eigenvalue weighted by Crippen LogP contribution is 2.20. The van der Waals surface area contributed by atoms with Crippen molar-refractivity contribution in [3.63, 3.8) is 0 Å². The van der Waals surface area contributed by atoms with Gasteiger partial charge in [0.1, 0.15) is 5.82 Å². The van der Waals surface area contributed by atoms with E-state index in [-0.39, 0.29) is 28.5 Å². The molecular formula is C12H15ClFNO2S. The SMILES string of the molecule is CS[C@@H](CO)[C@@H](C)NC(=O)c1cccc(F)c1Cl. The largest absolute Gasteiger partial charge is 0.395 e. The molecule has 3 nitrogen and oxygen atoms in total. The van der Waals surface area contributed by atoms with Gasteiger partial charge in [-0.2, -0.15) is 11.8 Å². The van der Waals surface area contributed by atoms with Gasteiger partial charge in [-0.3, -0.25) is 4.79 Å². The Morgan fingerprint density at radius 2 is 2.28 bits per heavy atom. The smallest absolute Gasteiger partial charge is 0.253 e. The number of aliphatic hydroxyl groups excluding tert-OH is 1. The summed E-state index contributed by atoms with van der Waals surface area (Å²) in [7, 11) is 0. The lowest BCUT2D eigenvalue weighted by Gasteiger charge is -2.21. The van der Waals surface area contributed by atoms with Gasteiger partial charge >= 0.3 is 0 Å². The van der Waals surface area contributed by atoms with Crippen molar-refractivity contribution in [1.82, 2.24) is 5.32 Å². The second-order valence-electron chi connectivity index (χ2n) is 3.82. The van der Waals surface area contributed by atoms with Crippen molar-refractivity contribution in [2.75, 3.05) is 12.9 Å². The summed E-state index contributed by atoms with van der Waals surface area (Å²) >= 11 is 7.18. The second kappa shape index (κ2) is 6.97. The Labute approximate surface area is 115 Å². The normalized spacial score (nSPS) is 14.1. The van der Waals surface area contributed by atoms with E-state index >= 15 is 0 Å². The first-order valence-electron chi connectivity index (χ1n) is 5.39. The zero-order chi connectivity index (χ0) is 13.7. The van der Waals surface area contributed by atoms with E-state index in [9.17, 15) is 9.18 Å². The van der Waals surface area contributed by atoms with Gasteiger partial charge in [-0.15, -0.1) is 0 Å². The zero-order valence-electron chi connectivity index (χ0n) is 10.1. The van der Waals surface area contributed by atoms with Gasteiger partial charge in [0.05, 0.1) is 17.2 Å². The molecule has 2 atom stereocenters. The van der Waals surface area contributed by atoms with E-state index in [1.54, 1.807) is 6.92 Å². The molecule has 0 aromatic heterocycles. The molecule has 0 radical (unpaired) electrons. The Balaban J connectivity index is 2.79. The molecule has 1 aromatic carbocycles. The minimum Gasteiger partial charge on any atom is -0.395 e. The lowest BCUT2D eigenvalue weighted by atomic mass is 10.1. The van der Waals surface area contributed by atoms with E-state index in [0.29, 0.717) is 0 Å². The molecule has 0 unspecified atom stereocenters. The molecule has 0 aliphatic rings. The Bertz CT molecular complexity index is 427. The van der Waals surface area contributed by atoms with Crippen LogP contribution in [-0.4, -0.2) is 35.2 Å². The first-order chi connectivity index (χ1) is 8.51. The molecule has 6 heteroatoms. The van der Waals surface area contributed by atoms with Gasteiger partial charge in [-0.25, -0.2) is 4.39 Å². The number of thioether (sulfide) groups is 1. The average Bonchev–Trinajstić information content (AvgIpc) is 2.34. The molecule has 0 heterocycles. The van der Waals surface area contributed by atoms with Crippen LogP contribution in [0.1, 0.15) is 17.3 Å². The number of amides is 1. The van der Waals surface area contributed by atoms with Crippen LogP contribution in [0, 0.1) is 5.82 Å². The van der Waals surface area contributed by atoms with Gasteiger partial charge in [0.25, 0.3) is 5.91 Å². The zero-order valence-corrected chi connectivity index (χ0v) is 11.7. The van der Waals surface area contributed by atoms with Crippen LogP contribution in [0.15, 0.2) is 18.2 Å². The summed E-state index contributed by atoms with van der Waals surface area (Å²) in [4.78, 5) is 11.9. The minimum absolute atomic E-state index is 0.0422. The van der Waals surface area contributed by atoms with Crippen LogP contribution in [0.25, 0.3) is 0 Å². The quantitative estimate of drug-likeness (QED) is 0.875. The molecule has 1 rings (SSSR count). The van der Waals surface area contributed by atoms with Crippen molar-refractivity contribution in [3.8, 4) is 0 Å². The molecule has 18 heavy (non-hydrogen) atoms. The van der Waals surface area contributed by atoms with Gasteiger partial charge in [0, 0.05) is 11.3 Å². The molecule has 0 aliphatic carbocycles. The van der Waals surface area contributed by atoms with Crippen LogP contribution < -0.4 is 5.32 Å². The van der Waals surface area contributed by atoms with E-state index in [1.165, 1.54) is 30.0 Å². The molecule has 1 aromatic rings. The number of aliphatic hydroxyl groups is 1. The maximum Gasteiger partial charge on any atom is 0.253 e. The maximum atomic E-state index is 13.2. The van der Waals surface area contributed by atoms with E-state index in [0.717, 1.165) is 0 Å². The molecule has 0 fully saturated rings. The monoisotopic (exact) mass is 291 g/mol. The number of carbonyl (C=O) groups excluding carboxylic acids is 1. The third-order valence-electron chi connectivity index (χ3n) is 2.60. The number of carbonyl (C=O) groups is 1. The van der Waals surface area contributed by atoms with Crippen LogP contribution in [0.4, 0.5) is 4.39 Å². The van der Waals surface area contributed by atoms with Gasteiger partial charge in [0.2, 0.25) is 0 Å². The minimum atomic E-state index is -0.624. The van der Waals surface area contributed by atoms with E-state index in [1.807, 2.05) is 6.26 Å². The molecule has 0 aliphatic heterocycles. The van der Waals surface area contributed by atoms with Gasteiger partial charge in [-0.1, -0.05) is 17.7 Å². The number of halogens is 2. The predicted octanol–water partition coefficient (Wildman–Crippen LogP) is 2.32. The topological polar surface area (TPSA) is 49.3 Å². The summed E-state index contributed by atoms with van der Waals surface area (Å²) in [5.41, 5.74) is 0.0984. The summed E-state index contributed by atoms with van der Waals surface area (Å²) < 4.78 is 13.2. The predicted molar refractivity (Wildman–Crippen MR) is 72.7 cm³/mol. The highest BCUT2D eigenvalue weighted by molar-refractivity contribution is 7.99. The summed E-state index contributed by atoms with van der Waals surface area (Å²) in [6, 6.07) is 3.84. The number of hydrogen-bond acceptors (Lipinski definition) is 3. The fourth-order valence-electron chi connectivity index (χ4n) is 1.49. The summed E-state index contributed by atoms with van der Waals surface area (Å²) in [5.74, 6) is -1.07. The molecule has 0 bridgehead atoms. The number of hydrogen-bond donors (Lipinski definition) is 2. The van der Waals surface area contributed by atoms with E-state index < -0.39 is 11.7 Å². The first kappa shape index (κ1) is 15.3. The highest BCUT2D eigenvalue weighted by Gasteiger charge is 2.20. The van der Waals surface area contributed by atoms with Crippen LogP contribution in [0.2, 0.25) is 5.02 Å². The third kappa shape index (κ3) is 3.60. The summed E-state index contributed by atoms with van der Waals surface area (Å²) in [6.45, 7) is 1.74. The third-order valence-corrected chi connectivity index (χ3v) is 4.14. The van der Waals surface area contributed by atoms with Crippen LogP contribution >= 0.6 is 23.4 Å². The summed E-state index contributed by atoms with van der Waals surface area (Å²) in [6.07, 6.45) is 1.85. The highest BCUT2D eigenvalue weighted by atomic mass is 35.5. The van der Waals surface area contributed by atoms with Crippen molar-refractivity contribution in [3.05, 3.63) is 34.6 Å². The lowest BCUT2D eigenvalue weighted by Crippen LogP contribution is -2.41. The molecule has 0 spiro atoms. The van der Waals surface area contributed by atoms with E-state index in [4.69, 9.17) is 16.7 Å². The van der Waals surface area contributed by atoms with Gasteiger partial charge in [-0.05, 0) is 25.3 Å². The van der Waals surface area contributed by atoms with Crippen LogP contribution in [0.3, 0.4) is 0 Å². The fourth-order valence-corrected chi connectivity index (χ4v) is 2.33.